The van der Waals surface area contributed by atoms with Crippen LogP contribution in [0.15, 0.2) is 30.0 Å². The van der Waals surface area contributed by atoms with Gasteiger partial charge in [0, 0.05) is 33.4 Å². The molecule has 31 heavy (non-hydrogen) atoms. The predicted octanol–water partition coefficient (Wildman–Crippen LogP) is 3.09. The number of rotatable bonds is 11. The number of carbonyl (C=O) groups excluding carboxylic acids is 2. The van der Waals surface area contributed by atoms with Crippen LogP contribution in [0.4, 0.5) is 0 Å². The van der Waals surface area contributed by atoms with E-state index in [4.69, 9.17) is 14.2 Å². The zero-order valence-electron chi connectivity index (χ0n) is 18.9. The van der Waals surface area contributed by atoms with Crippen molar-refractivity contribution in [1.82, 2.24) is 9.80 Å². The molecule has 7 nitrogen and oxygen atoms in total. The van der Waals surface area contributed by atoms with Crippen LogP contribution in [-0.2, 0) is 19.1 Å². The number of benzene rings is 1. The predicted molar refractivity (Wildman–Crippen MR) is 119 cm³/mol. The minimum absolute atomic E-state index is 0.0318. The van der Waals surface area contributed by atoms with Crippen molar-refractivity contribution in [3.8, 4) is 5.75 Å². The topological polar surface area (TPSA) is 68.3 Å². The van der Waals surface area contributed by atoms with E-state index in [9.17, 15) is 9.59 Å². The highest BCUT2D eigenvalue weighted by atomic mass is 16.5. The zero-order chi connectivity index (χ0) is 22.2. The standard InChI is InChI=1S/C24H34N2O5/c1-4-31-20-12-10-18(11-13-20)21-22(25(14-16-29-2)15-17-30-3)24(28)26(23(21)27)19-8-6-5-7-9-19/h10-13,19H,4-9,14-17H2,1-3H3. The van der Waals surface area contributed by atoms with E-state index in [-0.39, 0.29) is 17.9 Å². The van der Waals surface area contributed by atoms with E-state index in [1.807, 2.05) is 36.1 Å². The van der Waals surface area contributed by atoms with E-state index < -0.39 is 0 Å². The Morgan fingerprint density at radius 2 is 1.55 bits per heavy atom. The lowest BCUT2D eigenvalue weighted by atomic mass is 9.94. The second-order valence-corrected chi connectivity index (χ2v) is 7.93. The Hall–Kier alpha value is -2.38. The molecule has 1 saturated carbocycles. The Balaban J connectivity index is 2.02. The second-order valence-electron chi connectivity index (χ2n) is 7.93. The highest BCUT2D eigenvalue weighted by Crippen LogP contribution is 2.36. The lowest BCUT2D eigenvalue weighted by molar-refractivity contribution is -0.141. The minimum atomic E-state index is -0.201. The molecule has 0 aromatic heterocycles. The molecular formula is C24H34N2O5. The molecule has 2 amide bonds. The summed E-state index contributed by atoms with van der Waals surface area (Å²) in [6.07, 6.45) is 5.00. The lowest BCUT2D eigenvalue weighted by Crippen LogP contribution is -2.44. The molecule has 1 aromatic carbocycles. The van der Waals surface area contributed by atoms with Gasteiger partial charge in [0.25, 0.3) is 11.8 Å². The summed E-state index contributed by atoms with van der Waals surface area (Å²) in [7, 11) is 3.26. The lowest BCUT2D eigenvalue weighted by Gasteiger charge is -2.31. The third kappa shape index (κ3) is 5.28. The normalized spacial score (nSPS) is 17.6. The maximum atomic E-state index is 13.6. The van der Waals surface area contributed by atoms with Gasteiger partial charge in [0.15, 0.2) is 0 Å². The first-order valence-electron chi connectivity index (χ1n) is 11.2. The summed E-state index contributed by atoms with van der Waals surface area (Å²) < 4.78 is 16.1. The van der Waals surface area contributed by atoms with Crippen molar-refractivity contribution in [3.05, 3.63) is 35.5 Å². The molecule has 0 atom stereocenters. The maximum absolute atomic E-state index is 13.6. The zero-order valence-corrected chi connectivity index (χ0v) is 18.9. The Bertz CT molecular complexity index is 776. The number of carbonyl (C=O) groups is 2. The smallest absolute Gasteiger partial charge is 0.278 e. The summed E-state index contributed by atoms with van der Waals surface area (Å²) >= 11 is 0. The molecule has 1 aliphatic carbocycles. The fourth-order valence-electron chi connectivity index (χ4n) is 4.38. The van der Waals surface area contributed by atoms with Crippen LogP contribution in [0.5, 0.6) is 5.75 Å². The number of methoxy groups -OCH3 is 2. The molecule has 0 N–H and O–H groups in total. The van der Waals surface area contributed by atoms with Gasteiger partial charge >= 0.3 is 0 Å². The van der Waals surface area contributed by atoms with Crippen molar-refractivity contribution in [2.75, 3.05) is 47.1 Å². The van der Waals surface area contributed by atoms with Gasteiger partial charge < -0.3 is 19.1 Å². The van der Waals surface area contributed by atoms with Gasteiger partial charge in [0.2, 0.25) is 0 Å². The quantitative estimate of drug-likeness (QED) is 0.503. The minimum Gasteiger partial charge on any atom is -0.494 e. The Morgan fingerprint density at radius 3 is 2.10 bits per heavy atom. The number of hydrogen-bond acceptors (Lipinski definition) is 6. The van der Waals surface area contributed by atoms with Crippen molar-refractivity contribution < 1.29 is 23.8 Å². The summed E-state index contributed by atoms with van der Waals surface area (Å²) in [4.78, 5) is 30.7. The van der Waals surface area contributed by atoms with Gasteiger partial charge in [-0.05, 0) is 37.5 Å². The molecule has 0 spiro atoms. The van der Waals surface area contributed by atoms with Crippen LogP contribution in [0.25, 0.3) is 5.57 Å². The molecule has 0 bridgehead atoms. The van der Waals surface area contributed by atoms with Crippen LogP contribution < -0.4 is 4.74 Å². The first-order valence-corrected chi connectivity index (χ1v) is 11.2. The van der Waals surface area contributed by atoms with E-state index in [0.29, 0.717) is 44.2 Å². The van der Waals surface area contributed by atoms with Crippen molar-refractivity contribution in [1.29, 1.82) is 0 Å². The number of imide groups is 1. The van der Waals surface area contributed by atoms with Gasteiger partial charge in [0.05, 0.1) is 25.4 Å². The molecule has 170 valence electrons. The van der Waals surface area contributed by atoms with Gasteiger partial charge in [-0.25, -0.2) is 0 Å². The van der Waals surface area contributed by atoms with Gasteiger partial charge in [-0.15, -0.1) is 0 Å². The summed E-state index contributed by atoms with van der Waals surface area (Å²) in [5.74, 6) is 0.341. The van der Waals surface area contributed by atoms with Gasteiger partial charge in [0.1, 0.15) is 11.4 Å². The van der Waals surface area contributed by atoms with Crippen molar-refractivity contribution in [2.45, 2.75) is 45.1 Å². The van der Waals surface area contributed by atoms with Crippen LogP contribution in [0.1, 0.15) is 44.6 Å². The molecule has 2 aliphatic rings. The maximum Gasteiger partial charge on any atom is 0.278 e. The van der Waals surface area contributed by atoms with E-state index >= 15 is 0 Å². The second kappa shape index (κ2) is 11.3. The van der Waals surface area contributed by atoms with Crippen molar-refractivity contribution in [3.63, 3.8) is 0 Å². The largest absolute Gasteiger partial charge is 0.494 e. The summed E-state index contributed by atoms with van der Waals surface area (Å²) in [5.41, 5.74) is 1.65. The van der Waals surface area contributed by atoms with Crippen LogP contribution in [0, 0.1) is 0 Å². The first-order chi connectivity index (χ1) is 15.1. The van der Waals surface area contributed by atoms with Crippen LogP contribution in [0.3, 0.4) is 0 Å². The molecule has 7 heteroatoms. The number of hydrogen-bond donors (Lipinski definition) is 0. The molecule has 0 saturated heterocycles. The highest BCUT2D eigenvalue weighted by Gasteiger charge is 2.44. The van der Waals surface area contributed by atoms with E-state index in [2.05, 4.69) is 0 Å². The van der Waals surface area contributed by atoms with E-state index in [1.165, 1.54) is 4.90 Å². The van der Waals surface area contributed by atoms with Crippen LogP contribution in [0.2, 0.25) is 0 Å². The fourth-order valence-corrected chi connectivity index (χ4v) is 4.38. The number of nitrogens with zero attached hydrogens (tertiary/aromatic N) is 2. The summed E-state index contributed by atoms with van der Waals surface area (Å²) in [6.45, 7) is 4.42. The Labute approximate surface area is 184 Å². The van der Waals surface area contributed by atoms with Gasteiger partial charge in [-0.3, -0.25) is 14.5 Å². The summed E-state index contributed by atoms with van der Waals surface area (Å²) in [6, 6.07) is 7.38. The summed E-state index contributed by atoms with van der Waals surface area (Å²) in [5, 5.41) is 0. The van der Waals surface area contributed by atoms with Crippen LogP contribution in [-0.4, -0.2) is 74.8 Å². The SMILES string of the molecule is CCOc1ccc(C2=C(N(CCOC)CCOC)C(=O)N(C3CCCCC3)C2=O)cc1. The Morgan fingerprint density at radius 1 is 0.935 bits per heavy atom. The van der Waals surface area contributed by atoms with E-state index in [0.717, 1.165) is 43.4 Å². The molecule has 0 unspecified atom stereocenters. The Kier molecular flexibility index (Phi) is 8.49. The number of ether oxygens (including phenoxy) is 3. The third-order valence-electron chi connectivity index (χ3n) is 5.93. The molecule has 0 radical (unpaired) electrons. The monoisotopic (exact) mass is 430 g/mol. The molecule has 1 fully saturated rings. The van der Waals surface area contributed by atoms with Gasteiger partial charge in [-0.2, -0.15) is 0 Å². The fraction of sp³-hybridized carbons (Fsp3) is 0.583. The third-order valence-corrected chi connectivity index (χ3v) is 5.93. The first kappa shape index (κ1) is 23.3. The average Bonchev–Trinajstić information content (AvgIpc) is 3.05. The van der Waals surface area contributed by atoms with Crippen molar-refractivity contribution >= 4 is 17.4 Å². The van der Waals surface area contributed by atoms with Gasteiger partial charge in [-0.1, -0.05) is 31.4 Å². The highest BCUT2D eigenvalue weighted by molar-refractivity contribution is 6.35. The van der Waals surface area contributed by atoms with E-state index in [1.54, 1.807) is 14.2 Å². The molecule has 1 aliphatic heterocycles. The molecule has 1 aromatic rings. The number of amides is 2. The molecule has 3 rings (SSSR count). The van der Waals surface area contributed by atoms with Crippen LogP contribution >= 0.6 is 0 Å². The molecule has 1 heterocycles. The molecular weight excluding hydrogens is 396 g/mol. The van der Waals surface area contributed by atoms with Crippen molar-refractivity contribution in [2.24, 2.45) is 0 Å². The average molecular weight is 431 g/mol.